The van der Waals surface area contributed by atoms with E-state index in [2.05, 4.69) is 20.9 Å². The molecule has 0 aromatic carbocycles. The highest BCUT2D eigenvalue weighted by Crippen LogP contribution is 2.24. The molecule has 0 spiro atoms. The van der Waals surface area contributed by atoms with E-state index >= 15 is 0 Å². The smallest absolute Gasteiger partial charge is 0.246 e. The quantitative estimate of drug-likeness (QED) is 0.769. The highest BCUT2D eigenvalue weighted by molar-refractivity contribution is 9.10. The van der Waals surface area contributed by atoms with Gasteiger partial charge in [0, 0.05) is 23.8 Å². The minimum atomic E-state index is -3.73. The first-order valence-electron chi connectivity index (χ1n) is 5.95. The first-order chi connectivity index (χ1) is 8.93. The molecule has 0 aliphatic heterocycles. The number of nitrogens with zero attached hydrogens (tertiary/aromatic N) is 2. The monoisotopic (exact) mass is 351 g/mol. The molecule has 0 unspecified atom stereocenters. The van der Waals surface area contributed by atoms with Crippen LogP contribution in [0.4, 0.5) is 5.82 Å². The molecule has 0 aliphatic rings. The van der Waals surface area contributed by atoms with Crippen LogP contribution in [0.2, 0.25) is 0 Å². The van der Waals surface area contributed by atoms with Crippen molar-refractivity contribution in [3.8, 4) is 0 Å². The minimum Gasteiger partial charge on any atom is -0.395 e. The highest BCUT2D eigenvalue weighted by atomic mass is 79.9. The molecule has 3 N–H and O–H groups in total. The van der Waals surface area contributed by atoms with Crippen molar-refractivity contribution in [2.75, 3.05) is 25.4 Å². The Morgan fingerprint density at radius 2 is 2.16 bits per heavy atom. The van der Waals surface area contributed by atoms with Crippen LogP contribution in [0.15, 0.2) is 21.6 Å². The number of unbranched alkanes of at least 4 members (excludes halogenated alkanes) is 1. The highest BCUT2D eigenvalue weighted by Gasteiger charge is 2.26. The summed E-state index contributed by atoms with van der Waals surface area (Å²) >= 11 is 3.18. The fourth-order valence-corrected chi connectivity index (χ4v) is 3.62. The van der Waals surface area contributed by atoms with Crippen molar-refractivity contribution < 1.29 is 13.5 Å². The first-order valence-corrected chi connectivity index (χ1v) is 8.18. The van der Waals surface area contributed by atoms with Crippen LogP contribution in [0.3, 0.4) is 0 Å². The van der Waals surface area contributed by atoms with E-state index in [0.29, 0.717) is 11.0 Å². The van der Waals surface area contributed by atoms with Crippen LogP contribution >= 0.6 is 15.9 Å². The van der Waals surface area contributed by atoms with Gasteiger partial charge in [0.15, 0.2) is 0 Å². The van der Waals surface area contributed by atoms with Crippen LogP contribution in [0.5, 0.6) is 0 Å². The third-order valence-electron chi connectivity index (χ3n) is 2.58. The van der Waals surface area contributed by atoms with E-state index in [1.165, 1.54) is 16.6 Å². The van der Waals surface area contributed by atoms with Crippen LogP contribution in [0, 0.1) is 0 Å². The average Bonchev–Trinajstić information content (AvgIpc) is 2.37. The maximum Gasteiger partial charge on any atom is 0.246 e. The summed E-state index contributed by atoms with van der Waals surface area (Å²) in [5, 5.41) is 9.01. The summed E-state index contributed by atoms with van der Waals surface area (Å²) in [4.78, 5) is 3.79. The summed E-state index contributed by atoms with van der Waals surface area (Å²) < 4.78 is 26.7. The maximum atomic E-state index is 12.5. The number of rotatable bonds is 7. The number of nitrogens with two attached hydrogens (primary N) is 1. The summed E-state index contributed by atoms with van der Waals surface area (Å²) in [6, 6.07) is 1.42. The molecule has 1 rings (SSSR count). The second-order valence-electron chi connectivity index (χ2n) is 4.02. The summed E-state index contributed by atoms with van der Waals surface area (Å²) in [5.41, 5.74) is 5.64. The zero-order chi connectivity index (χ0) is 14.5. The maximum absolute atomic E-state index is 12.5. The van der Waals surface area contributed by atoms with Gasteiger partial charge in [0.05, 0.1) is 6.61 Å². The summed E-state index contributed by atoms with van der Waals surface area (Å²) in [6.45, 7) is 2.14. The summed E-state index contributed by atoms with van der Waals surface area (Å²) in [7, 11) is -3.73. The van der Waals surface area contributed by atoms with E-state index in [1.54, 1.807) is 0 Å². The van der Waals surface area contributed by atoms with Crippen molar-refractivity contribution in [1.82, 2.24) is 9.29 Å². The number of sulfonamides is 1. The molecule has 0 saturated carbocycles. The average molecular weight is 352 g/mol. The molecule has 1 aromatic rings. The lowest BCUT2D eigenvalue weighted by Crippen LogP contribution is -2.35. The number of aromatic nitrogens is 1. The van der Waals surface area contributed by atoms with Crippen LogP contribution in [0.1, 0.15) is 19.8 Å². The molecule has 108 valence electrons. The van der Waals surface area contributed by atoms with Crippen molar-refractivity contribution in [3.05, 3.63) is 16.7 Å². The molecule has 0 bridgehead atoms. The van der Waals surface area contributed by atoms with Gasteiger partial charge in [0.1, 0.15) is 10.7 Å². The summed E-state index contributed by atoms with van der Waals surface area (Å²) in [5.74, 6) is -0.0392. The van der Waals surface area contributed by atoms with Crippen LogP contribution in [-0.4, -0.2) is 42.5 Å². The van der Waals surface area contributed by atoms with Gasteiger partial charge in [-0.1, -0.05) is 13.3 Å². The van der Waals surface area contributed by atoms with Gasteiger partial charge >= 0.3 is 0 Å². The molecule has 8 heteroatoms. The van der Waals surface area contributed by atoms with E-state index in [4.69, 9.17) is 10.8 Å². The van der Waals surface area contributed by atoms with Crippen LogP contribution < -0.4 is 5.73 Å². The zero-order valence-corrected chi connectivity index (χ0v) is 13.1. The predicted molar refractivity (Wildman–Crippen MR) is 77.1 cm³/mol. The van der Waals surface area contributed by atoms with Crippen molar-refractivity contribution in [1.29, 1.82) is 0 Å². The minimum absolute atomic E-state index is 0.0357. The predicted octanol–water partition coefficient (Wildman–Crippen LogP) is 1.21. The van der Waals surface area contributed by atoms with Gasteiger partial charge < -0.3 is 10.8 Å². The van der Waals surface area contributed by atoms with E-state index < -0.39 is 10.0 Å². The lowest BCUT2D eigenvalue weighted by molar-refractivity contribution is 0.252. The fourth-order valence-electron chi connectivity index (χ4n) is 1.58. The molecular formula is C11H18BrN3O3S. The number of anilines is 1. The first kappa shape index (κ1) is 16.4. The number of hydrogen-bond donors (Lipinski definition) is 2. The lowest BCUT2D eigenvalue weighted by Gasteiger charge is -2.21. The molecule has 0 radical (unpaired) electrons. The number of aliphatic hydroxyl groups excluding tert-OH is 1. The Hall–Kier alpha value is -0.700. The van der Waals surface area contributed by atoms with Crippen molar-refractivity contribution >= 4 is 31.8 Å². The molecule has 6 nitrogen and oxygen atoms in total. The Kier molecular flexibility index (Phi) is 6.18. The van der Waals surface area contributed by atoms with E-state index in [9.17, 15) is 8.42 Å². The Morgan fingerprint density at radius 1 is 1.47 bits per heavy atom. The van der Waals surface area contributed by atoms with Crippen LogP contribution in [-0.2, 0) is 10.0 Å². The van der Waals surface area contributed by atoms with Gasteiger partial charge in [0.2, 0.25) is 10.0 Å². The number of pyridine rings is 1. The third-order valence-corrected chi connectivity index (χ3v) is 4.94. The molecule has 1 aromatic heterocycles. The van der Waals surface area contributed by atoms with Gasteiger partial charge in [-0.15, -0.1) is 0 Å². The topological polar surface area (TPSA) is 96.5 Å². The van der Waals surface area contributed by atoms with Gasteiger partial charge in [-0.3, -0.25) is 0 Å². The molecule has 1 heterocycles. The van der Waals surface area contributed by atoms with Gasteiger partial charge in [-0.25, -0.2) is 13.4 Å². The van der Waals surface area contributed by atoms with Gasteiger partial charge in [0.25, 0.3) is 0 Å². The second-order valence-corrected chi connectivity index (χ2v) is 6.84. The van der Waals surface area contributed by atoms with Crippen molar-refractivity contribution in [3.63, 3.8) is 0 Å². The number of nitrogen functional groups attached to an aromatic ring is 1. The Labute approximate surface area is 121 Å². The van der Waals surface area contributed by atoms with Gasteiger partial charge in [-0.2, -0.15) is 4.31 Å². The lowest BCUT2D eigenvalue weighted by atomic mass is 10.3. The molecule has 0 fully saturated rings. The van der Waals surface area contributed by atoms with E-state index in [0.717, 1.165) is 12.8 Å². The van der Waals surface area contributed by atoms with Crippen LogP contribution in [0.25, 0.3) is 0 Å². The van der Waals surface area contributed by atoms with E-state index in [1.807, 2.05) is 6.92 Å². The van der Waals surface area contributed by atoms with E-state index in [-0.39, 0.29) is 23.9 Å². The Balaban J connectivity index is 3.14. The zero-order valence-electron chi connectivity index (χ0n) is 10.7. The normalized spacial score (nSPS) is 12.0. The largest absolute Gasteiger partial charge is 0.395 e. The molecule has 19 heavy (non-hydrogen) atoms. The van der Waals surface area contributed by atoms with Crippen molar-refractivity contribution in [2.45, 2.75) is 24.7 Å². The van der Waals surface area contributed by atoms with Crippen molar-refractivity contribution in [2.24, 2.45) is 0 Å². The standard InChI is InChI=1S/C11H18BrN3O3S/c1-2-3-4-15(5-6-16)19(17,18)10-7-9(12)8-14-11(10)13/h7-8,16H,2-6H2,1H3,(H2,13,14). The molecule has 0 aliphatic carbocycles. The third kappa shape index (κ3) is 4.13. The summed E-state index contributed by atoms with van der Waals surface area (Å²) in [6.07, 6.45) is 3.03. The molecule has 0 amide bonds. The second kappa shape index (κ2) is 7.18. The fraction of sp³-hybridized carbons (Fsp3) is 0.545. The molecular weight excluding hydrogens is 334 g/mol. The Morgan fingerprint density at radius 3 is 2.74 bits per heavy atom. The number of halogens is 1. The Bertz CT molecular complexity index is 522. The molecule has 0 saturated heterocycles. The number of aliphatic hydroxyl groups is 1. The SMILES string of the molecule is CCCCN(CCO)S(=O)(=O)c1cc(Br)cnc1N. The number of hydrogen-bond acceptors (Lipinski definition) is 5. The van der Waals surface area contributed by atoms with Gasteiger partial charge in [-0.05, 0) is 28.4 Å². The molecule has 0 atom stereocenters.